The van der Waals surface area contributed by atoms with Gasteiger partial charge < -0.3 is 5.32 Å². The summed E-state index contributed by atoms with van der Waals surface area (Å²) < 4.78 is 1.25. The van der Waals surface area contributed by atoms with E-state index in [0.717, 1.165) is 30.0 Å². The molecule has 0 amide bonds. The average molecular weight is 411 g/mol. The number of aryl methyl sites for hydroxylation is 2. The Hall–Kier alpha value is -2.80. The molecule has 2 aromatic heterocycles. The molecule has 0 radical (unpaired) electrons. The fourth-order valence-corrected chi connectivity index (χ4v) is 3.97. The van der Waals surface area contributed by atoms with Gasteiger partial charge in [-0.25, -0.2) is 4.79 Å². The summed E-state index contributed by atoms with van der Waals surface area (Å²) in [5.74, 6) is 2.15. The van der Waals surface area contributed by atoms with Gasteiger partial charge in [-0.05, 0) is 60.4 Å². The van der Waals surface area contributed by atoms with Crippen molar-refractivity contribution in [3.8, 4) is 0 Å². The maximum atomic E-state index is 12.4. The van der Waals surface area contributed by atoms with Gasteiger partial charge in [-0.3, -0.25) is 19.3 Å². The van der Waals surface area contributed by atoms with E-state index in [-0.39, 0.29) is 11.2 Å². The zero-order chi connectivity index (χ0) is 20.6. The van der Waals surface area contributed by atoms with Crippen molar-refractivity contribution in [3.63, 3.8) is 0 Å². The summed E-state index contributed by atoms with van der Waals surface area (Å²) >= 11 is 1.77. The normalized spacial score (nSPS) is 10.8. The van der Waals surface area contributed by atoms with Crippen LogP contribution in [-0.2, 0) is 18.7 Å². The maximum absolute atomic E-state index is 12.4. The molecule has 0 fully saturated rings. The summed E-state index contributed by atoms with van der Waals surface area (Å²) in [5, 5.41) is 3.13. The third-order valence-electron chi connectivity index (χ3n) is 4.69. The molecular formula is C22H26N4O2S. The summed E-state index contributed by atoms with van der Waals surface area (Å²) in [6, 6.07) is 11.4. The number of nitrogens with one attached hydrogen (secondary N) is 2. The number of pyridine rings is 1. The summed E-state index contributed by atoms with van der Waals surface area (Å²) in [5.41, 5.74) is 3.80. The van der Waals surface area contributed by atoms with Crippen molar-refractivity contribution in [1.82, 2.24) is 14.5 Å². The average Bonchev–Trinajstić information content (AvgIpc) is 2.71. The van der Waals surface area contributed by atoms with Crippen molar-refractivity contribution >= 4 is 23.3 Å². The van der Waals surface area contributed by atoms with Crippen LogP contribution in [0, 0.1) is 6.92 Å². The third-order valence-corrected chi connectivity index (χ3v) is 5.81. The molecule has 0 aliphatic rings. The van der Waals surface area contributed by atoms with Gasteiger partial charge in [0, 0.05) is 36.4 Å². The predicted octanol–water partition coefficient (Wildman–Crippen LogP) is 3.87. The molecule has 0 saturated heterocycles. The number of aromatic amines is 1. The van der Waals surface area contributed by atoms with Gasteiger partial charge in [0.05, 0.1) is 0 Å². The summed E-state index contributed by atoms with van der Waals surface area (Å²) in [6.45, 7) is 4.57. The molecule has 152 valence electrons. The Morgan fingerprint density at radius 1 is 1.21 bits per heavy atom. The molecule has 0 bridgehead atoms. The van der Waals surface area contributed by atoms with Crippen LogP contribution in [0.1, 0.15) is 30.0 Å². The summed E-state index contributed by atoms with van der Waals surface area (Å²) in [7, 11) is 0. The predicted molar refractivity (Wildman–Crippen MR) is 120 cm³/mol. The van der Waals surface area contributed by atoms with E-state index >= 15 is 0 Å². The highest BCUT2D eigenvalue weighted by Gasteiger charge is 2.06. The van der Waals surface area contributed by atoms with Gasteiger partial charge in [-0.2, -0.15) is 11.8 Å². The van der Waals surface area contributed by atoms with E-state index in [1.165, 1.54) is 27.3 Å². The molecule has 0 unspecified atom stereocenters. The zero-order valence-corrected chi connectivity index (χ0v) is 17.6. The first-order valence-electron chi connectivity index (χ1n) is 9.74. The lowest BCUT2D eigenvalue weighted by atomic mass is 10.1. The molecule has 7 heteroatoms. The highest BCUT2D eigenvalue weighted by molar-refractivity contribution is 7.98. The second-order valence-corrected chi connectivity index (χ2v) is 7.97. The van der Waals surface area contributed by atoms with Crippen molar-refractivity contribution in [1.29, 1.82) is 0 Å². The fraction of sp³-hybridized carbons (Fsp3) is 0.318. The smallest absolute Gasteiger partial charge is 0.329 e. The topological polar surface area (TPSA) is 79.8 Å². The van der Waals surface area contributed by atoms with Gasteiger partial charge in [0.1, 0.15) is 5.82 Å². The van der Waals surface area contributed by atoms with E-state index in [9.17, 15) is 9.59 Å². The minimum absolute atomic E-state index is 0.295. The second kappa shape index (κ2) is 10.1. The van der Waals surface area contributed by atoms with Crippen molar-refractivity contribution in [3.05, 3.63) is 86.3 Å². The van der Waals surface area contributed by atoms with Crippen LogP contribution in [0.4, 0.5) is 11.5 Å². The van der Waals surface area contributed by atoms with Crippen molar-refractivity contribution in [2.75, 3.05) is 11.1 Å². The van der Waals surface area contributed by atoms with Crippen molar-refractivity contribution in [2.45, 2.75) is 39.0 Å². The molecule has 0 aliphatic carbocycles. The van der Waals surface area contributed by atoms with E-state index in [0.29, 0.717) is 12.4 Å². The van der Waals surface area contributed by atoms with Gasteiger partial charge in [0.25, 0.3) is 5.56 Å². The lowest BCUT2D eigenvalue weighted by Gasteiger charge is -2.11. The molecule has 2 heterocycles. The van der Waals surface area contributed by atoms with Gasteiger partial charge in [-0.15, -0.1) is 0 Å². The molecule has 2 N–H and O–H groups in total. The maximum Gasteiger partial charge on any atom is 0.329 e. The van der Waals surface area contributed by atoms with Crippen LogP contribution in [0.25, 0.3) is 0 Å². The largest absolute Gasteiger partial charge is 0.342 e. The van der Waals surface area contributed by atoms with Crippen LogP contribution in [0.2, 0.25) is 0 Å². The van der Waals surface area contributed by atoms with E-state index in [1.54, 1.807) is 18.0 Å². The van der Waals surface area contributed by atoms with Gasteiger partial charge in [0.2, 0.25) is 0 Å². The number of benzene rings is 1. The Bertz CT molecular complexity index is 1030. The first-order chi connectivity index (χ1) is 14.1. The number of aromatic nitrogens is 3. The number of anilines is 2. The molecule has 0 spiro atoms. The Balaban J connectivity index is 1.58. The van der Waals surface area contributed by atoms with Gasteiger partial charge in [0.15, 0.2) is 0 Å². The molecule has 0 saturated carbocycles. The Kier molecular flexibility index (Phi) is 7.30. The van der Waals surface area contributed by atoms with Gasteiger partial charge >= 0.3 is 5.69 Å². The molecule has 0 atom stereocenters. The van der Waals surface area contributed by atoms with Crippen LogP contribution in [0.15, 0.2) is 58.4 Å². The molecule has 29 heavy (non-hydrogen) atoms. The first-order valence-corrected chi connectivity index (χ1v) is 10.9. The zero-order valence-electron chi connectivity index (χ0n) is 16.8. The molecule has 0 aliphatic heterocycles. The van der Waals surface area contributed by atoms with Crippen LogP contribution in [0.5, 0.6) is 0 Å². The number of nitrogens with zero attached hydrogens (tertiary/aromatic N) is 2. The standard InChI is InChI=1S/C22H26N4O2S/c1-3-18-12-19(8-7-16(18)2)24-20-13-21(27)26(22(28)25-20)10-5-11-29-15-17-6-4-9-23-14-17/h4,6-9,12-14,24H,3,5,10-11,15H2,1-2H3,(H,25,28). The Morgan fingerprint density at radius 2 is 2.07 bits per heavy atom. The number of hydrogen-bond donors (Lipinski definition) is 2. The molecule has 3 rings (SSSR count). The number of H-pyrrole nitrogens is 1. The SMILES string of the molecule is CCc1cc(Nc2cc(=O)n(CCCSCc3cccnc3)c(=O)[nH]2)ccc1C. The lowest BCUT2D eigenvalue weighted by molar-refractivity contribution is 0.620. The van der Waals surface area contributed by atoms with E-state index in [1.807, 2.05) is 36.5 Å². The fourth-order valence-electron chi connectivity index (χ4n) is 3.08. The van der Waals surface area contributed by atoms with Gasteiger partial charge in [-0.1, -0.05) is 19.1 Å². The number of hydrogen-bond acceptors (Lipinski definition) is 5. The van der Waals surface area contributed by atoms with E-state index in [2.05, 4.69) is 29.1 Å². The Labute approximate surface area is 174 Å². The van der Waals surface area contributed by atoms with Crippen molar-refractivity contribution in [2.24, 2.45) is 0 Å². The van der Waals surface area contributed by atoms with Crippen LogP contribution in [0.3, 0.4) is 0 Å². The van der Waals surface area contributed by atoms with Crippen LogP contribution in [-0.4, -0.2) is 20.3 Å². The second-order valence-electron chi connectivity index (χ2n) is 6.87. The van der Waals surface area contributed by atoms with E-state index < -0.39 is 0 Å². The Morgan fingerprint density at radius 3 is 2.79 bits per heavy atom. The summed E-state index contributed by atoms with van der Waals surface area (Å²) in [4.78, 5) is 31.6. The number of rotatable bonds is 9. The minimum atomic E-state index is -0.389. The van der Waals surface area contributed by atoms with Crippen LogP contribution >= 0.6 is 11.8 Å². The van der Waals surface area contributed by atoms with Crippen LogP contribution < -0.4 is 16.6 Å². The monoisotopic (exact) mass is 410 g/mol. The highest BCUT2D eigenvalue weighted by Crippen LogP contribution is 2.18. The van der Waals surface area contributed by atoms with E-state index in [4.69, 9.17) is 0 Å². The molecular weight excluding hydrogens is 384 g/mol. The summed E-state index contributed by atoms with van der Waals surface area (Å²) in [6.07, 6.45) is 5.29. The molecule has 6 nitrogen and oxygen atoms in total. The molecule has 1 aromatic carbocycles. The highest BCUT2D eigenvalue weighted by atomic mass is 32.2. The first kappa shape index (κ1) is 20.9. The lowest BCUT2D eigenvalue weighted by Crippen LogP contribution is -2.35. The third kappa shape index (κ3) is 5.84. The minimum Gasteiger partial charge on any atom is -0.342 e. The number of thioether (sulfide) groups is 1. The quantitative estimate of drug-likeness (QED) is 0.524. The molecule has 3 aromatic rings. The van der Waals surface area contributed by atoms with Crippen molar-refractivity contribution < 1.29 is 0 Å².